The molecule has 3 atom stereocenters. The van der Waals surface area contributed by atoms with Gasteiger partial charge in [-0.05, 0) is 56.3 Å². The van der Waals surface area contributed by atoms with E-state index in [1.54, 1.807) is 0 Å². The van der Waals surface area contributed by atoms with Crippen LogP contribution >= 0.6 is 0 Å². The van der Waals surface area contributed by atoms with Gasteiger partial charge in [-0.15, -0.1) is 0 Å². The average Bonchev–Trinajstić information content (AvgIpc) is 2.36. The highest BCUT2D eigenvalue weighted by molar-refractivity contribution is 4.82. The summed E-state index contributed by atoms with van der Waals surface area (Å²) in [4.78, 5) is 2.63. The predicted molar refractivity (Wildman–Crippen MR) is 95.1 cm³/mol. The Balaban J connectivity index is 1.71. The smallest absolute Gasteiger partial charge is 0.0678 e. The first-order chi connectivity index (χ1) is 10.2. The fourth-order valence-electron chi connectivity index (χ4n) is 4.78. The Morgan fingerprint density at radius 3 is 2.05 bits per heavy atom. The summed E-state index contributed by atoms with van der Waals surface area (Å²) in [6.45, 7) is 17.6. The molecular formula is C20H39NO. The Hall–Kier alpha value is -0.0800. The Bertz CT molecular complexity index is 317. The molecule has 0 N–H and O–H groups in total. The van der Waals surface area contributed by atoms with Crippen LogP contribution in [0.3, 0.4) is 0 Å². The minimum atomic E-state index is 0.401. The largest absolute Gasteiger partial charge is 0.373 e. The molecule has 22 heavy (non-hydrogen) atoms. The standard InChI is InChI=1S/C20H39NO/c1-15(12-21-13-16(2)22-17(3)14-21)11-18-7-9-19(10-8-18)20(4,5)6/h15-19H,7-14H2,1-6H3/t15?,16-,17-,18?,19?/m1/s1. The van der Waals surface area contributed by atoms with Gasteiger partial charge >= 0.3 is 0 Å². The van der Waals surface area contributed by atoms with Crippen molar-refractivity contribution in [3.05, 3.63) is 0 Å². The van der Waals surface area contributed by atoms with Gasteiger partial charge in [0.1, 0.15) is 0 Å². The van der Waals surface area contributed by atoms with Gasteiger partial charge in [0.25, 0.3) is 0 Å². The van der Waals surface area contributed by atoms with Crippen LogP contribution in [0.15, 0.2) is 0 Å². The molecule has 0 aromatic heterocycles. The second-order valence-corrected chi connectivity index (χ2v) is 9.40. The number of hydrogen-bond acceptors (Lipinski definition) is 2. The van der Waals surface area contributed by atoms with Crippen LogP contribution in [0.1, 0.15) is 73.6 Å². The zero-order chi connectivity index (χ0) is 16.3. The molecule has 0 radical (unpaired) electrons. The van der Waals surface area contributed by atoms with Crippen LogP contribution in [0.25, 0.3) is 0 Å². The van der Waals surface area contributed by atoms with Crippen molar-refractivity contribution < 1.29 is 4.74 Å². The van der Waals surface area contributed by atoms with Gasteiger partial charge in [-0.3, -0.25) is 4.90 Å². The number of rotatable bonds is 4. The highest BCUT2D eigenvalue weighted by atomic mass is 16.5. The summed E-state index contributed by atoms with van der Waals surface area (Å²) in [6, 6.07) is 0. The van der Waals surface area contributed by atoms with Gasteiger partial charge in [-0.25, -0.2) is 0 Å². The predicted octanol–water partition coefficient (Wildman–Crippen LogP) is 4.97. The molecule has 0 spiro atoms. The van der Waals surface area contributed by atoms with Gasteiger partial charge in [0.05, 0.1) is 12.2 Å². The summed E-state index contributed by atoms with van der Waals surface area (Å²) in [7, 11) is 0. The fourth-order valence-corrected chi connectivity index (χ4v) is 4.78. The third kappa shape index (κ3) is 5.53. The first-order valence-electron chi connectivity index (χ1n) is 9.62. The van der Waals surface area contributed by atoms with Crippen molar-refractivity contribution in [2.24, 2.45) is 23.2 Å². The molecule has 2 nitrogen and oxygen atoms in total. The molecule has 0 aromatic carbocycles. The summed E-state index contributed by atoms with van der Waals surface area (Å²) in [5, 5.41) is 0. The zero-order valence-corrected chi connectivity index (χ0v) is 15.9. The maximum atomic E-state index is 5.85. The van der Waals surface area contributed by atoms with Crippen molar-refractivity contribution >= 4 is 0 Å². The number of ether oxygens (including phenoxy) is 1. The minimum absolute atomic E-state index is 0.401. The molecule has 1 saturated carbocycles. The van der Waals surface area contributed by atoms with E-state index in [1.165, 1.54) is 38.6 Å². The molecule has 2 heteroatoms. The van der Waals surface area contributed by atoms with Crippen LogP contribution in [-0.4, -0.2) is 36.7 Å². The van der Waals surface area contributed by atoms with Gasteiger partial charge in [-0.2, -0.15) is 0 Å². The molecule has 1 aliphatic carbocycles. The maximum Gasteiger partial charge on any atom is 0.0678 e. The molecule has 130 valence electrons. The van der Waals surface area contributed by atoms with Crippen LogP contribution in [0, 0.1) is 23.2 Å². The third-order valence-corrected chi connectivity index (χ3v) is 5.87. The Morgan fingerprint density at radius 2 is 1.55 bits per heavy atom. The fraction of sp³-hybridized carbons (Fsp3) is 1.00. The van der Waals surface area contributed by atoms with Crippen LogP contribution in [0.4, 0.5) is 0 Å². The maximum absolute atomic E-state index is 5.85. The average molecular weight is 310 g/mol. The Kier molecular flexibility index (Phi) is 6.36. The highest BCUT2D eigenvalue weighted by Gasteiger charge is 2.30. The Labute approximate surface area is 139 Å². The summed E-state index contributed by atoms with van der Waals surface area (Å²) < 4.78 is 5.85. The molecule has 0 bridgehead atoms. The normalized spacial score (nSPS) is 36.3. The Morgan fingerprint density at radius 1 is 1.00 bits per heavy atom. The summed E-state index contributed by atoms with van der Waals surface area (Å²) in [6.07, 6.45) is 8.05. The molecule has 2 fully saturated rings. The van der Waals surface area contributed by atoms with E-state index in [-0.39, 0.29) is 0 Å². The van der Waals surface area contributed by atoms with Crippen molar-refractivity contribution in [1.82, 2.24) is 4.90 Å². The second-order valence-electron chi connectivity index (χ2n) is 9.40. The lowest BCUT2D eigenvalue weighted by Crippen LogP contribution is -2.47. The van der Waals surface area contributed by atoms with E-state index in [1.807, 2.05) is 0 Å². The highest BCUT2D eigenvalue weighted by Crippen LogP contribution is 2.41. The number of morpholine rings is 1. The van der Waals surface area contributed by atoms with E-state index in [0.717, 1.165) is 30.8 Å². The quantitative estimate of drug-likeness (QED) is 0.726. The van der Waals surface area contributed by atoms with Gasteiger partial charge < -0.3 is 4.74 Å². The lowest BCUT2D eigenvalue weighted by Gasteiger charge is -2.39. The van der Waals surface area contributed by atoms with Crippen LogP contribution < -0.4 is 0 Å². The van der Waals surface area contributed by atoms with Crippen molar-refractivity contribution in [1.29, 1.82) is 0 Å². The molecule has 2 rings (SSSR count). The van der Waals surface area contributed by atoms with Gasteiger partial charge in [0, 0.05) is 19.6 Å². The monoisotopic (exact) mass is 309 g/mol. The molecule has 1 aliphatic heterocycles. The topological polar surface area (TPSA) is 12.5 Å². The van der Waals surface area contributed by atoms with Gasteiger partial charge in [0.2, 0.25) is 0 Å². The first-order valence-corrected chi connectivity index (χ1v) is 9.62. The van der Waals surface area contributed by atoms with Gasteiger partial charge in [0.15, 0.2) is 0 Å². The summed E-state index contributed by atoms with van der Waals surface area (Å²) >= 11 is 0. The lowest BCUT2D eigenvalue weighted by atomic mass is 9.68. The molecule has 1 heterocycles. The molecular weight excluding hydrogens is 270 g/mol. The first kappa shape index (κ1) is 18.3. The van der Waals surface area contributed by atoms with E-state index in [9.17, 15) is 0 Å². The van der Waals surface area contributed by atoms with Crippen molar-refractivity contribution in [2.75, 3.05) is 19.6 Å². The molecule has 2 aliphatic rings. The van der Waals surface area contributed by atoms with E-state index in [2.05, 4.69) is 46.4 Å². The van der Waals surface area contributed by atoms with E-state index in [4.69, 9.17) is 4.74 Å². The number of hydrogen-bond donors (Lipinski definition) is 0. The summed E-state index contributed by atoms with van der Waals surface area (Å²) in [5.41, 5.74) is 0.511. The molecule has 0 amide bonds. The second kappa shape index (κ2) is 7.66. The van der Waals surface area contributed by atoms with Crippen molar-refractivity contribution in [2.45, 2.75) is 85.9 Å². The van der Waals surface area contributed by atoms with Crippen LogP contribution in [0.2, 0.25) is 0 Å². The van der Waals surface area contributed by atoms with Crippen molar-refractivity contribution in [3.8, 4) is 0 Å². The molecule has 1 unspecified atom stereocenters. The van der Waals surface area contributed by atoms with Crippen LogP contribution in [0.5, 0.6) is 0 Å². The van der Waals surface area contributed by atoms with Gasteiger partial charge in [-0.1, -0.05) is 40.5 Å². The summed E-state index contributed by atoms with van der Waals surface area (Å²) in [5.74, 6) is 2.75. The van der Waals surface area contributed by atoms with E-state index in [0.29, 0.717) is 17.6 Å². The number of nitrogens with zero attached hydrogens (tertiary/aromatic N) is 1. The molecule has 0 aromatic rings. The zero-order valence-electron chi connectivity index (χ0n) is 15.9. The third-order valence-electron chi connectivity index (χ3n) is 5.87. The minimum Gasteiger partial charge on any atom is -0.373 e. The SMILES string of the molecule is CC(CC1CCC(C(C)(C)C)CC1)CN1C[C@@H](C)O[C@H](C)C1. The van der Waals surface area contributed by atoms with Crippen molar-refractivity contribution in [3.63, 3.8) is 0 Å². The van der Waals surface area contributed by atoms with E-state index >= 15 is 0 Å². The molecule has 1 saturated heterocycles. The van der Waals surface area contributed by atoms with E-state index < -0.39 is 0 Å². The van der Waals surface area contributed by atoms with Crippen LogP contribution in [-0.2, 0) is 4.74 Å². The lowest BCUT2D eigenvalue weighted by molar-refractivity contribution is -0.0716.